The Balaban J connectivity index is 1.77. The monoisotopic (exact) mass is 499 g/mol. The number of allylic oxidation sites excluding steroid dienone is 4. The van der Waals surface area contributed by atoms with Crippen molar-refractivity contribution in [2.45, 2.75) is 52.3 Å². The number of halogens is 4. The van der Waals surface area contributed by atoms with Gasteiger partial charge in [-0.05, 0) is 68.2 Å². The van der Waals surface area contributed by atoms with Gasteiger partial charge in [0.1, 0.15) is 5.70 Å². The lowest BCUT2D eigenvalue weighted by molar-refractivity contribution is -0.114. The molecule has 2 aromatic rings. The first-order valence-electron chi connectivity index (χ1n) is 12.0. The van der Waals surface area contributed by atoms with Gasteiger partial charge in [0.05, 0.1) is 35.9 Å². The van der Waals surface area contributed by atoms with E-state index in [9.17, 15) is 17.6 Å². The molecule has 1 aromatic carbocycles. The molecule has 0 radical (unpaired) electrons. The number of aromatic nitrogens is 1. The van der Waals surface area contributed by atoms with E-state index in [1.807, 2.05) is 25.1 Å². The molecule has 0 saturated heterocycles. The molecule has 1 aromatic heterocycles. The van der Waals surface area contributed by atoms with Gasteiger partial charge in [0.15, 0.2) is 11.6 Å². The number of hydrogen-bond donors (Lipinski definition) is 0. The molecule has 0 fully saturated rings. The molecule has 0 spiro atoms. The zero-order valence-corrected chi connectivity index (χ0v) is 20.8. The number of hydrogen-bond acceptors (Lipinski definition) is 4. The van der Waals surface area contributed by atoms with Crippen LogP contribution in [0.2, 0.25) is 0 Å². The number of aliphatic imine (C=N–C) groups is 1. The molecule has 0 saturated carbocycles. The van der Waals surface area contributed by atoms with Crippen LogP contribution in [0.15, 0.2) is 70.5 Å². The molecule has 2 aliphatic heterocycles. The summed E-state index contributed by atoms with van der Waals surface area (Å²) < 4.78 is 60.6. The van der Waals surface area contributed by atoms with Crippen molar-refractivity contribution in [2.75, 3.05) is 13.7 Å². The highest BCUT2D eigenvalue weighted by atomic mass is 19.4. The summed E-state index contributed by atoms with van der Waals surface area (Å²) in [6, 6.07) is 7.95. The minimum atomic E-state index is -4.46. The van der Waals surface area contributed by atoms with E-state index in [0.717, 1.165) is 23.6 Å². The smallest absolute Gasteiger partial charge is 0.431 e. The highest BCUT2D eigenvalue weighted by Gasteiger charge is 2.43. The van der Waals surface area contributed by atoms with Crippen molar-refractivity contribution >= 4 is 5.71 Å². The summed E-state index contributed by atoms with van der Waals surface area (Å²) in [7, 11) is 1.40. The molecule has 4 nitrogen and oxygen atoms in total. The first kappa shape index (κ1) is 25.7. The van der Waals surface area contributed by atoms with Crippen LogP contribution in [0.25, 0.3) is 11.3 Å². The molecule has 190 valence electrons. The van der Waals surface area contributed by atoms with Crippen molar-refractivity contribution in [3.05, 3.63) is 82.6 Å². The van der Waals surface area contributed by atoms with E-state index in [1.165, 1.54) is 18.1 Å². The number of alkyl halides is 3. The van der Waals surface area contributed by atoms with Gasteiger partial charge < -0.3 is 9.64 Å². The molecule has 1 atom stereocenters. The fraction of sp³-hybridized carbons (Fsp3) is 0.357. The molecular formula is C28H29F4N3O. The molecule has 8 heteroatoms. The van der Waals surface area contributed by atoms with E-state index >= 15 is 0 Å². The van der Waals surface area contributed by atoms with Crippen LogP contribution in [-0.2, 0) is 6.42 Å². The number of rotatable bonds is 7. The number of ether oxygens (including phenoxy) is 1. The summed E-state index contributed by atoms with van der Waals surface area (Å²) in [6.07, 6.45) is 2.68. The molecule has 3 heterocycles. The van der Waals surface area contributed by atoms with Crippen LogP contribution in [0.3, 0.4) is 0 Å². The second-order valence-electron chi connectivity index (χ2n) is 8.77. The zero-order valence-electron chi connectivity index (χ0n) is 20.8. The molecule has 0 amide bonds. The number of methoxy groups -OCH3 is 1. The molecule has 0 bridgehead atoms. The van der Waals surface area contributed by atoms with Crippen LogP contribution in [0.4, 0.5) is 17.6 Å². The Hall–Kier alpha value is -3.42. The van der Waals surface area contributed by atoms with E-state index in [2.05, 4.69) is 11.1 Å². The highest BCUT2D eigenvalue weighted by Crippen LogP contribution is 2.41. The topological polar surface area (TPSA) is 37.7 Å². The fourth-order valence-electron chi connectivity index (χ4n) is 4.72. The molecule has 2 aliphatic rings. The van der Waals surface area contributed by atoms with Gasteiger partial charge >= 0.3 is 6.18 Å². The largest absolute Gasteiger partial charge is 0.494 e. The lowest BCUT2D eigenvalue weighted by Crippen LogP contribution is -2.41. The molecule has 4 rings (SSSR count). The van der Waals surface area contributed by atoms with E-state index in [-0.39, 0.29) is 12.3 Å². The fourth-order valence-corrected chi connectivity index (χ4v) is 4.72. The minimum Gasteiger partial charge on any atom is -0.494 e. The Labute approximate surface area is 208 Å². The van der Waals surface area contributed by atoms with Gasteiger partial charge in [0.25, 0.3) is 0 Å². The average Bonchev–Trinajstić information content (AvgIpc) is 3.28. The predicted octanol–water partition coefficient (Wildman–Crippen LogP) is 7.02. The third-order valence-corrected chi connectivity index (χ3v) is 6.57. The van der Waals surface area contributed by atoms with Crippen molar-refractivity contribution < 1.29 is 22.3 Å². The van der Waals surface area contributed by atoms with Crippen molar-refractivity contribution in [1.82, 2.24) is 9.88 Å². The Morgan fingerprint density at radius 3 is 2.56 bits per heavy atom. The first-order chi connectivity index (χ1) is 17.2. The minimum absolute atomic E-state index is 0.138. The second-order valence-corrected chi connectivity index (χ2v) is 8.77. The van der Waals surface area contributed by atoms with Gasteiger partial charge in [0.2, 0.25) is 0 Å². The van der Waals surface area contributed by atoms with Crippen LogP contribution in [0, 0.1) is 5.82 Å². The Morgan fingerprint density at radius 2 is 1.92 bits per heavy atom. The molecule has 0 aliphatic carbocycles. The molecule has 36 heavy (non-hydrogen) atoms. The van der Waals surface area contributed by atoms with Crippen molar-refractivity contribution in [3.8, 4) is 17.0 Å². The van der Waals surface area contributed by atoms with Crippen LogP contribution < -0.4 is 4.74 Å². The van der Waals surface area contributed by atoms with E-state index in [1.54, 1.807) is 26.0 Å². The van der Waals surface area contributed by atoms with Gasteiger partial charge in [-0.3, -0.25) is 4.99 Å². The predicted molar refractivity (Wildman–Crippen MR) is 133 cm³/mol. The summed E-state index contributed by atoms with van der Waals surface area (Å²) in [5.41, 5.74) is 3.81. The third-order valence-electron chi connectivity index (χ3n) is 6.57. The van der Waals surface area contributed by atoms with E-state index < -0.39 is 23.7 Å². The normalized spacial score (nSPS) is 18.0. The maximum atomic E-state index is 14.4. The number of likely N-dealkylation sites (N-methyl/N-ethyl adjacent to an activating group) is 1. The summed E-state index contributed by atoms with van der Waals surface area (Å²) in [5, 5.41) is 0. The molecular weight excluding hydrogens is 470 g/mol. The number of pyridine rings is 1. The van der Waals surface area contributed by atoms with Gasteiger partial charge in [-0.2, -0.15) is 13.2 Å². The third kappa shape index (κ3) is 4.94. The standard InChI is InChI=1S/C28H29F4N3O/c1-5-7-8-9-18-10-12-22(19-11-13-25(36-4)21(29)14-19)34-27(18)24-15-20-17(3)35(6-2)26(28(30,31)32)16-23(20)33-24/h7-8,10-14,16-17H,5-6,9,15H2,1-4H3. The number of benzene rings is 1. The Bertz CT molecular complexity index is 1270. The van der Waals surface area contributed by atoms with Crippen LogP contribution in [-0.4, -0.2) is 41.5 Å². The van der Waals surface area contributed by atoms with Crippen molar-refractivity contribution in [3.63, 3.8) is 0 Å². The molecule has 0 N–H and O–H groups in total. The first-order valence-corrected chi connectivity index (χ1v) is 12.0. The molecule has 1 unspecified atom stereocenters. The average molecular weight is 500 g/mol. The summed E-state index contributed by atoms with van der Waals surface area (Å²) in [5.74, 6) is -0.360. The van der Waals surface area contributed by atoms with Crippen LogP contribution in [0.5, 0.6) is 5.75 Å². The lowest BCUT2D eigenvalue weighted by Gasteiger charge is -2.37. The Kier molecular flexibility index (Phi) is 7.33. The van der Waals surface area contributed by atoms with Gasteiger partial charge in [-0.25, -0.2) is 9.37 Å². The lowest BCUT2D eigenvalue weighted by atomic mass is 9.94. The van der Waals surface area contributed by atoms with E-state index in [4.69, 9.17) is 9.72 Å². The summed E-state index contributed by atoms with van der Waals surface area (Å²) in [4.78, 5) is 10.8. The zero-order chi connectivity index (χ0) is 26.0. The van der Waals surface area contributed by atoms with Gasteiger partial charge in [-0.1, -0.05) is 25.1 Å². The maximum Gasteiger partial charge on any atom is 0.431 e. The highest BCUT2D eigenvalue weighted by molar-refractivity contribution is 6.04. The maximum absolute atomic E-state index is 14.4. The summed E-state index contributed by atoms with van der Waals surface area (Å²) in [6.45, 7) is 5.78. The van der Waals surface area contributed by atoms with Crippen molar-refractivity contribution in [1.29, 1.82) is 0 Å². The second kappa shape index (κ2) is 10.3. The van der Waals surface area contributed by atoms with Gasteiger partial charge in [-0.15, -0.1) is 0 Å². The van der Waals surface area contributed by atoms with Crippen LogP contribution >= 0.6 is 0 Å². The number of nitrogens with zero attached hydrogens (tertiary/aromatic N) is 3. The Morgan fingerprint density at radius 1 is 1.14 bits per heavy atom. The van der Waals surface area contributed by atoms with Gasteiger partial charge in [0, 0.05) is 18.5 Å². The van der Waals surface area contributed by atoms with E-state index in [0.29, 0.717) is 41.2 Å². The summed E-state index contributed by atoms with van der Waals surface area (Å²) >= 11 is 0. The quantitative estimate of drug-likeness (QED) is 0.303. The SMILES string of the molecule is CCC=CCc1ccc(-c2ccc(OC)c(F)c2)nc1C1=NC2=C(C1)C(C)N(CC)C(C(F)(F)F)=C2. The van der Waals surface area contributed by atoms with Crippen LogP contribution in [0.1, 0.15) is 44.9 Å². The van der Waals surface area contributed by atoms with Crippen molar-refractivity contribution in [2.24, 2.45) is 4.99 Å².